The van der Waals surface area contributed by atoms with Crippen LogP contribution in [0.3, 0.4) is 0 Å². The van der Waals surface area contributed by atoms with Crippen molar-refractivity contribution >= 4 is 23.3 Å². The first-order valence-electron chi connectivity index (χ1n) is 8.11. The molecule has 1 fully saturated rings. The molecule has 0 aliphatic heterocycles. The Morgan fingerprint density at radius 2 is 1.61 bits per heavy atom. The highest BCUT2D eigenvalue weighted by molar-refractivity contribution is 7.99. The van der Waals surface area contributed by atoms with Gasteiger partial charge in [0.1, 0.15) is 0 Å². The van der Waals surface area contributed by atoms with Gasteiger partial charge in [-0.3, -0.25) is 9.59 Å². The lowest BCUT2D eigenvalue weighted by atomic mass is 9.97. The van der Waals surface area contributed by atoms with Crippen LogP contribution in [0.25, 0.3) is 0 Å². The molecule has 1 aliphatic carbocycles. The SMILES string of the molecule is O=C1CCC(CCCc2ccc(Sc3ccccc3)cc2)C1=O. The number of rotatable bonds is 6. The number of ketones is 2. The minimum atomic E-state index is -0.169. The fraction of sp³-hybridized carbons (Fsp3) is 0.300. The van der Waals surface area contributed by atoms with E-state index in [0.717, 1.165) is 25.7 Å². The monoisotopic (exact) mass is 324 g/mol. The van der Waals surface area contributed by atoms with E-state index in [1.165, 1.54) is 15.4 Å². The highest BCUT2D eigenvalue weighted by Crippen LogP contribution is 2.28. The van der Waals surface area contributed by atoms with E-state index in [4.69, 9.17) is 0 Å². The number of carbonyl (C=O) groups excluding carboxylic acids is 2. The van der Waals surface area contributed by atoms with Gasteiger partial charge in [-0.05, 0) is 55.5 Å². The van der Waals surface area contributed by atoms with Crippen molar-refractivity contribution in [3.05, 3.63) is 60.2 Å². The maximum Gasteiger partial charge on any atom is 0.201 e. The number of hydrogen-bond acceptors (Lipinski definition) is 3. The third-order valence-electron chi connectivity index (χ3n) is 4.29. The second-order valence-electron chi connectivity index (χ2n) is 5.97. The molecule has 1 unspecified atom stereocenters. The van der Waals surface area contributed by atoms with E-state index < -0.39 is 0 Å². The molecule has 118 valence electrons. The number of aryl methyl sites for hydroxylation is 1. The molecule has 1 aliphatic rings. The highest BCUT2D eigenvalue weighted by Gasteiger charge is 2.31. The van der Waals surface area contributed by atoms with Gasteiger partial charge in [0.2, 0.25) is 5.78 Å². The molecule has 0 radical (unpaired) electrons. The van der Waals surface area contributed by atoms with Gasteiger partial charge in [-0.1, -0.05) is 42.1 Å². The number of hydrogen-bond donors (Lipinski definition) is 0. The summed E-state index contributed by atoms with van der Waals surface area (Å²) in [6, 6.07) is 19.0. The summed E-state index contributed by atoms with van der Waals surface area (Å²) >= 11 is 1.76. The Kier molecular flexibility index (Phi) is 5.29. The lowest BCUT2D eigenvalue weighted by molar-refractivity contribution is -0.135. The van der Waals surface area contributed by atoms with E-state index in [0.29, 0.717) is 6.42 Å². The smallest absolute Gasteiger partial charge is 0.201 e. The van der Waals surface area contributed by atoms with Gasteiger partial charge in [-0.2, -0.15) is 0 Å². The summed E-state index contributed by atoms with van der Waals surface area (Å²) in [6.45, 7) is 0. The number of carbonyl (C=O) groups is 2. The summed E-state index contributed by atoms with van der Waals surface area (Å²) in [6.07, 6.45) is 3.98. The van der Waals surface area contributed by atoms with Crippen LogP contribution in [0.1, 0.15) is 31.2 Å². The minimum Gasteiger partial charge on any atom is -0.291 e. The summed E-state index contributed by atoms with van der Waals surface area (Å²) in [7, 11) is 0. The zero-order chi connectivity index (χ0) is 16.1. The molecule has 1 atom stereocenters. The molecule has 1 saturated carbocycles. The van der Waals surface area contributed by atoms with E-state index in [9.17, 15) is 9.59 Å². The van der Waals surface area contributed by atoms with Crippen molar-refractivity contribution in [2.45, 2.75) is 41.9 Å². The second kappa shape index (κ2) is 7.60. The molecule has 0 heterocycles. The first kappa shape index (κ1) is 16.0. The third-order valence-corrected chi connectivity index (χ3v) is 5.30. The quantitative estimate of drug-likeness (QED) is 0.722. The topological polar surface area (TPSA) is 34.1 Å². The van der Waals surface area contributed by atoms with Crippen molar-refractivity contribution in [3.63, 3.8) is 0 Å². The Morgan fingerprint density at radius 1 is 0.913 bits per heavy atom. The van der Waals surface area contributed by atoms with Gasteiger partial charge in [0.25, 0.3) is 0 Å². The molecule has 23 heavy (non-hydrogen) atoms. The first-order chi connectivity index (χ1) is 11.2. The molecular weight excluding hydrogens is 304 g/mol. The fourth-order valence-electron chi connectivity index (χ4n) is 2.96. The Labute approximate surface area is 141 Å². The summed E-state index contributed by atoms with van der Waals surface area (Å²) in [5, 5.41) is 0. The molecule has 2 aromatic carbocycles. The fourth-order valence-corrected chi connectivity index (χ4v) is 3.80. The molecule has 0 N–H and O–H groups in total. The minimum absolute atomic E-state index is 0.0181. The van der Waals surface area contributed by atoms with Crippen LogP contribution in [-0.4, -0.2) is 11.6 Å². The highest BCUT2D eigenvalue weighted by atomic mass is 32.2. The summed E-state index contributed by atoms with van der Waals surface area (Å²) in [4.78, 5) is 25.3. The molecule has 3 heteroatoms. The van der Waals surface area contributed by atoms with Gasteiger partial charge < -0.3 is 0 Å². The Hall–Kier alpha value is -1.87. The summed E-state index contributed by atoms with van der Waals surface area (Å²) in [5.41, 5.74) is 1.29. The predicted octanol–water partition coefficient (Wildman–Crippen LogP) is 4.71. The predicted molar refractivity (Wildman–Crippen MR) is 92.7 cm³/mol. The Morgan fingerprint density at radius 3 is 2.26 bits per heavy atom. The summed E-state index contributed by atoms with van der Waals surface area (Å²) in [5.74, 6) is -0.327. The molecular formula is C20H20O2S. The lowest BCUT2D eigenvalue weighted by Gasteiger charge is -2.07. The van der Waals surface area contributed by atoms with Crippen LogP contribution in [0.4, 0.5) is 0 Å². The summed E-state index contributed by atoms with van der Waals surface area (Å²) < 4.78 is 0. The Balaban J connectivity index is 1.48. The van der Waals surface area contributed by atoms with E-state index >= 15 is 0 Å². The van der Waals surface area contributed by atoms with Crippen LogP contribution in [0.5, 0.6) is 0 Å². The van der Waals surface area contributed by atoms with Gasteiger partial charge in [0, 0.05) is 22.1 Å². The van der Waals surface area contributed by atoms with Crippen LogP contribution in [-0.2, 0) is 16.0 Å². The normalized spacial score (nSPS) is 17.7. The molecule has 2 nitrogen and oxygen atoms in total. The Bertz CT molecular complexity index is 677. The van der Waals surface area contributed by atoms with E-state index in [1.54, 1.807) is 11.8 Å². The lowest BCUT2D eigenvalue weighted by Crippen LogP contribution is -2.13. The van der Waals surface area contributed by atoms with Gasteiger partial charge >= 0.3 is 0 Å². The van der Waals surface area contributed by atoms with Crippen LogP contribution in [0.15, 0.2) is 64.4 Å². The van der Waals surface area contributed by atoms with Crippen molar-refractivity contribution in [1.82, 2.24) is 0 Å². The van der Waals surface area contributed by atoms with Crippen molar-refractivity contribution in [1.29, 1.82) is 0 Å². The number of benzene rings is 2. The maximum absolute atomic E-state index is 11.6. The van der Waals surface area contributed by atoms with Crippen LogP contribution in [0, 0.1) is 5.92 Å². The van der Waals surface area contributed by atoms with E-state index in [1.807, 2.05) is 18.2 Å². The molecule has 0 spiro atoms. The van der Waals surface area contributed by atoms with Crippen LogP contribution >= 0.6 is 11.8 Å². The average Bonchev–Trinajstić information content (AvgIpc) is 2.90. The molecule has 0 saturated heterocycles. The zero-order valence-electron chi connectivity index (χ0n) is 13.0. The maximum atomic E-state index is 11.6. The van der Waals surface area contributed by atoms with Gasteiger partial charge in [0.05, 0.1) is 0 Å². The van der Waals surface area contributed by atoms with Crippen molar-refractivity contribution in [3.8, 4) is 0 Å². The molecule has 0 aromatic heterocycles. The van der Waals surface area contributed by atoms with E-state index in [-0.39, 0.29) is 17.5 Å². The van der Waals surface area contributed by atoms with E-state index in [2.05, 4.69) is 36.4 Å². The van der Waals surface area contributed by atoms with Crippen LogP contribution in [0.2, 0.25) is 0 Å². The molecule has 0 amide bonds. The third kappa shape index (κ3) is 4.32. The first-order valence-corrected chi connectivity index (χ1v) is 8.93. The van der Waals surface area contributed by atoms with Crippen LogP contribution < -0.4 is 0 Å². The largest absolute Gasteiger partial charge is 0.291 e. The zero-order valence-corrected chi connectivity index (χ0v) is 13.9. The standard InChI is InChI=1S/C20H20O2S/c21-19-14-11-16(20(19)22)6-4-5-15-9-12-18(13-10-15)23-17-7-2-1-3-8-17/h1-3,7-10,12-13,16H,4-6,11,14H2. The van der Waals surface area contributed by atoms with Crippen molar-refractivity contribution in [2.24, 2.45) is 5.92 Å². The van der Waals surface area contributed by atoms with Gasteiger partial charge in [-0.15, -0.1) is 0 Å². The van der Waals surface area contributed by atoms with Gasteiger partial charge in [-0.25, -0.2) is 0 Å². The van der Waals surface area contributed by atoms with Crippen molar-refractivity contribution in [2.75, 3.05) is 0 Å². The molecule has 3 rings (SSSR count). The number of Topliss-reactive ketones (excluding diaryl/α,β-unsaturated/α-hetero) is 2. The van der Waals surface area contributed by atoms with Crippen molar-refractivity contribution < 1.29 is 9.59 Å². The molecule has 2 aromatic rings. The second-order valence-corrected chi connectivity index (χ2v) is 7.12. The average molecular weight is 324 g/mol. The molecule has 0 bridgehead atoms. The van der Waals surface area contributed by atoms with Gasteiger partial charge in [0.15, 0.2) is 5.78 Å².